The number of halogens is 1. The minimum Gasteiger partial charge on any atom is -0.493 e. The number of benzene rings is 2. The number of hydrogen-bond acceptors (Lipinski definition) is 3. The second-order valence-corrected chi connectivity index (χ2v) is 7.86. The monoisotopic (exact) mass is 430 g/mol. The third kappa shape index (κ3) is 5.28. The summed E-state index contributed by atoms with van der Waals surface area (Å²) in [6.45, 7) is 6.20. The van der Waals surface area contributed by atoms with Crippen molar-refractivity contribution in [2.45, 2.75) is 45.3 Å². The van der Waals surface area contributed by atoms with Crippen molar-refractivity contribution >= 4 is 6.03 Å². The topological polar surface area (TPSA) is 64.0 Å². The van der Waals surface area contributed by atoms with Gasteiger partial charge in [-0.1, -0.05) is 19.1 Å². The van der Waals surface area contributed by atoms with Crippen LogP contribution in [0.25, 0.3) is 0 Å². The molecule has 1 unspecified atom stereocenters. The van der Waals surface area contributed by atoms with Crippen LogP contribution < -0.4 is 25.0 Å². The van der Waals surface area contributed by atoms with Gasteiger partial charge < -0.3 is 25.0 Å². The molecular formula is C24H33FN3O3+. The highest BCUT2D eigenvalue weighted by atomic mass is 19.1. The summed E-state index contributed by atoms with van der Waals surface area (Å²) in [6, 6.07) is 10.6. The summed E-state index contributed by atoms with van der Waals surface area (Å²) in [5.74, 6) is 1.16. The van der Waals surface area contributed by atoms with Crippen LogP contribution in [0.2, 0.25) is 0 Å². The van der Waals surface area contributed by atoms with Gasteiger partial charge in [0.2, 0.25) is 0 Å². The zero-order chi connectivity index (χ0) is 22.4. The molecule has 3 N–H and O–H groups in total. The molecule has 0 bridgehead atoms. The number of amides is 2. The van der Waals surface area contributed by atoms with Crippen molar-refractivity contribution < 1.29 is 23.6 Å². The summed E-state index contributed by atoms with van der Waals surface area (Å²) in [7, 11) is 3.28. The molecule has 6 nitrogen and oxygen atoms in total. The molecule has 0 fully saturated rings. The Balaban J connectivity index is 2.00. The normalized spacial score (nSPS) is 18.6. The lowest BCUT2D eigenvalue weighted by molar-refractivity contribution is -0.948. The summed E-state index contributed by atoms with van der Waals surface area (Å²) in [5, 5.41) is 6.01. The lowest BCUT2D eigenvalue weighted by atomic mass is 9.86. The van der Waals surface area contributed by atoms with Crippen LogP contribution in [0.15, 0.2) is 36.4 Å². The first-order valence-electron chi connectivity index (χ1n) is 10.9. The fourth-order valence-electron chi connectivity index (χ4n) is 4.48. The predicted octanol–water partition coefficient (Wildman–Crippen LogP) is 2.62. The molecular weight excluding hydrogens is 397 g/mol. The fraction of sp³-hybridized carbons (Fsp3) is 0.458. The molecule has 0 radical (unpaired) electrons. The average Bonchev–Trinajstić information content (AvgIpc) is 2.78. The highest BCUT2D eigenvalue weighted by Crippen LogP contribution is 2.35. The van der Waals surface area contributed by atoms with Crippen LogP contribution in [0.1, 0.15) is 43.0 Å². The van der Waals surface area contributed by atoms with Crippen LogP contribution >= 0.6 is 0 Å². The second kappa shape index (κ2) is 10.5. The van der Waals surface area contributed by atoms with E-state index in [9.17, 15) is 9.18 Å². The molecule has 3 rings (SSSR count). The number of methoxy groups -OCH3 is 2. The Morgan fingerprint density at radius 1 is 1.16 bits per heavy atom. The number of hydrogen-bond donors (Lipinski definition) is 3. The van der Waals surface area contributed by atoms with E-state index in [1.165, 1.54) is 22.6 Å². The van der Waals surface area contributed by atoms with Gasteiger partial charge in [-0.3, -0.25) is 0 Å². The lowest BCUT2D eigenvalue weighted by Gasteiger charge is -2.39. The van der Waals surface area contributed by atoms with Crippen molar-refractivity contribution in [3.05, 3.63) is 58.9 Å². The van der Waals surface area contributed by atoms with E-state index in [1.54, 1.807) is 14.2 Å². The maximum Gasteiger partial charge on any atom is 0.315 e. The van der Waals surface area contributed by atoms with Crippen LogP contribution in [0, 0.1) is 5.82 Å². The van der Waals surface area contributed by atoms with E-state index in [0.717, 1.165) is 37.1 Å². The van der Waals surface area contributed by atoms with Gasteiger partial charge in [0.15, 0.2) is 11.5 Å². The van der Waals surface area contributed by atoms with E-state index in [0.29, 0.717) is 18.0 Å². The Labute approximate surface area is 183 Å². The van der Waals surface area contributed by atoms with Gasteiger partial charge in [0.1, 0.15) is 18.4 Å². The number of rotatable bonds is 8. The maximum absolute atomic E-state index is 13.4. The Kier molecular flexibility index (Phi) is 7.74. The van der Waals surface area contributed by atoms with E-state index in [4.69, 9.17) is 9.47 Å². The van der Waals surface area contributed by atoms with Crippen molar-refractivity contribution in [3.8, 4) is 11.5 Å². The SMILES string of the molecule is CCNC(=O)N[C@H](CC)[C@@H]1c2cc(OC)c(OC)cc2CC[NH+]1Cc1ccc(F)cc1. The molecule has 7 heteroatoms. The molecule has 0 aromatic heterocycles. The van der Waals surface area contributed by atoms with Crippen LogP contribution in [-0.2, 0) is 13.0 Å². The van der Waals surface area contributed by atoms with Crippen LogP contribution in [0.4, 0.5) is 9.18 Å². The molecule has 1 heterocycles. The standard InChI is InChI=1S/C24H32FN3O3/c1-5-20(27-24(29)26-6-2)23-19-14-22(31-4)21(30-3)13-17(19)11-12-28(23)15-16-7-9-18(25)10-8-16/h7-10,13-14,20,23H,5-6,11-12,15H2,1-4H3,(H2,26,27,29)/p+1/t20-,23+/m1/s1. The molecule has 31 heavy (non-hydrogen) atoms. The van der Waals surface area contributed by atoms with E-state index >= 15 is 0 Å². The Hall–Kier alpha value is -2.80. The molecule has 0 spiro atoms. The first-order valence-corrected chi connectivity index (χ1v) is 10.9. The van der Waals surface area contributed by atoms with Gasteiger partial charge in [0.25, 0.3) is 0 Å². The molecule has 0 saturated heterocycles. The highest BCUT2D eigenvalue weighted by molar-refractivity contribution is 5.74. The van der Waals surface area contributed by atoms with Gasteiger partial charge in [0.05, 0.1) is 26.8 Å². The van der Waals surface area contributed by atoms with Gasteiger partial charge in [-0.2, -0.15) is 0 Å². The van der Waals surface area contributed by atoms with Crippen LogP contribution in [-0.4, -0.2) is 39.4 Å². The van der Waals surface area contributed by atoms with Crippen molar-refractivity contribution in [2.24, 2.45) is 0 Å². The molecule has 2 aromatic carbocycles. The zero-order valence-corrected chi connectivity index (χ0v) is 18.8. The number of carbonyl (C=O) groups is 1. The summed E-state index contributed by atoms with van der Waals surface area (Å²) in [4.78, 5) is 13.7. The number of fused-ring (bicyclic) bond motifs is 1. The lowest BCUT2D eigenvalue weighted by Crippen LogP contribution is -3.13. The minimum absolute atomic E-state index is 0.0289. The van der Waals surface area contributed by atoms with Gasteiger partial charge in [-0.25, -0.2) is 9.18 Å². The summed E-state index contributed by atoms with van der Waals surface area (Å²) >= 11 is 0. The zero-order valence-electron chi connectivity index (χ0n) is 18.8. The van der Waals surface area contributed by atoms with Gasteiger partial charge in [0, 0.05) is 24.1 Å². The van der Waals surface area contributed by atoms with E-state index < -0.39 is 0 Å². The maximum atomic E-state index is 13.4. The van der Waals surface area contributed by atoms with Crippen molar-refractivity contribution in [3.63, 3.8) is 0 Å². The average molecular weight is 431 g/mol. The van der Waals surface area contributed by atoms with Gasteiger partial charge >= 0.3 is 6.03 Å². The number of ether oxygens (including phenoxy) is 2. The van der Waals surface area contributed by atoms with Crippen molar-refractivity contribution in [1.82, 2.24) is 10.6 Å². The molecule has 0 saturated carbocycles. The van der Waals surface area contributed by atoms with Crippen molar-refractivity contribution in [2.75, 3.05) is 27.3 Å². The molecule has 168 valence electrons. The number of carbonyl (C=O) groups excluding carboxylic acids is 1. The van der Waals surface area contributed by atoms with E-state index in [2.05, 4.69) is 23.6 Å². The Morgan fingerprint density at radius 2 is 1.84 bits per heavy atom. The molecule has 1 aliphatic heterocycles. The third-order valence-corrected chi connectivity index (χ3v) is 5.98. The number of quaternary nitrogens is 1. The second-order valence-electron chi connectivity index (χ2n) is 7.86. The Bertz CT molecular complexity index is 888. The molecule has 0 aliphatic carbocycles. The van der Waals surface area contributed by atoms with Crippen molar-refractivity contribution in [1.29, 1.82) is 0 Å². The predicted molar refractivity (Wildman–Crippen MR) is 118 cm³/mol. The smallest absolute Gasteiger partial charge is 0.315 e. The fourth-order valence-corrected chi connectivity index (χ4v) is 4.48. The molecule has 2 amide bonds. The molecule has 2 aromatic rings. The number of urea groups is 1. The first-order chi connectivity index (χ1) is 15.0. The number of nitrogens with one attached hydrogen (secondary N) is 3. The third-order valence-electron chi connectivity index (χ3n) is 5.98. The van der Waals surface area contributed by atoms with Gasteiger partial charge in [-0.05, 0) is 43.2 Å². The largest absolute Gasteiger partial charge is 0.493 e. The summed E-state index contributed by atoms with van der Waals surface area (Å²) < 4.78 is 24.5. The molecule has 1 aliphatic rings. The van der Waals surface area contributed by atoms with E-state index in [1.807, 2.05) is 25.1 Å². The minimum atomic E-state index is -0.236. The highest BCUT2D eigenvalue weighted by Gasteiger charge is 2.38. The summed E-state index contributed by atoms with van der Waals surface area (Å²) in [5.41, 5.74) is 3.43. The van der Waals surface area contributed by atoms with E-state index in [-0.39, 0.29) is 23.9 Å². The first kappa shape index (κ1) is 22.9. The molecule has 3 atom stereocenters. The van der Waals surface area contributed by atoms with Crippen LogP contribution in [0.3, 0.4) is 0 Å². The van der Waals surface area contributed by atoms with Crippen LogP contribution in [0.5, 0.6) is 11.5 Å². The quantitative estimate of drug-likeness (QED) is 0.603. The summed E-state index contributed by atoms with van der Waals surface area (Å²) in [6.07, 6.45) is 1.67. The Morgan fingerprint density at radius 3 is 2.45 bits per heavy atom. The van der Waals surface area contributed by atoms with Gasteiger partial charge in [-0.15, -0.1) is 0 Å².